The van der Waals surface area contributed by atoms with Crippen LogP contribution in [0.25, 0.3) is 10.6 Å². The van der Waals surface area contributed by atoms with Crippen LogP contribution in [0.15, 0.2) is 17.0 Å². The van der Waals surface area contributed by atoms with Crippen LogP contribution in [-0.2, 0) is 10.0 Å². The molecule has 3 heterocycles. The summed E-state index contributed by atoms with van der Waals surface area (Å²) < 4.78 is 39.7. The molecule has 2 atom stereocenters. The second-order valence-electron chi connectivity index (χ2n) is 5.37. The quantitative estimate of drug-likeness (QED) is 0.882. The van der Waals surface area contributed by atoms with Gasteiger partial charge in [0.15, 0.2) is 0 Å². The Bertz CT molecular complexity index is 789. The maximum absolute atomic E-state index is 13.4. The van der Waals surface area contributed by atoms with Crippen LogP contribution < -0.4 is 0 Å². The molecule has 6 nitrogen and oxygen atoms in total. The number of hydrogen-bond acceptors (Lipinski definition) is 5. The minimum atomic E-state index is -3.81. The number of alkyl halides is 1. The number of H-pyrrole nitrogens is 1. The molecule has 1 aliphatic rings. The molecular weight excluding hydrogens is 329 g/mol. The van der Waals surface area contributed by atoms with E-state index in [1.54, 1.807) is 13.0 Å². The molecule has 0 saturated carbocycles. The van der Waals surface area contributed by atoms with Crippen molar-refractivity contribution in [2.45, 2.75) is 31.0 Å². The van der Waals surface area contributed by atoms with Gasteiger partial charge in [-0.2, -0.15) is 9.40 Å². The zero-order valence-corrected chi connectivity index (χ0v) is 13.7. The van der Waals surface area contributed by atoms with Crippen LogP contribution in [0.3, 0.4) is 0 Å². The van der Waals surface area contributed by atoms with Crippen molar-refractivity contribution < 1.29 is 17.9 Å². The molecule has 0 radical (unpaired) electrons. The molecule has 1 fully saturated rings. The largest absolute Gasteiger partial charge is 0.389 e. The summed E-state index contributed by atoms with van der Waals surface area (Å²) in [7, 11) is -3.81. The Kier molecular flexibility index (Phi) is 3.84. The molecule has 120 valence electrons. The van der Waals surface area contributed by atoms with Crippen molar-refractivity contribution in [3.8, 4) is 10.6 Å². The number of nitrogens with zero attached hydrogens (tertiary/aromatic N) is 2. The molecule has 1 aliphatic heterocycles. The minimum absolute atomic E-state index is 0.148. The summed E-state index contributed by atoms with van der Waals surface area (Å²) in [6, 6.07) is 3.39. The molecule has 22 heavy (non-hydrogen) atoms. The standard InChI is InChI=1S/C13H16FN3O3S2/c1-7-3-10(16-15-7)12-4-13(8(2)21-12)22(19,20)17-5-9(14)11(18)6-17/h3-4,9,11,18H,5-6H2,1-2H3,(H,15,16)/t9-,11-/m1/s1. The van der Waals surface area contributed by atoms with Crippen LogP contribution >= 0.6 is 11.3 Å². The smallest absolute Gasteiger partial charge is 0.244 e. The van der Waals surface area contributed by atoms with Crippen molar-refractivity contribution in [3.05, 3.63) is 22.7 Å². The van der Waals surface area contributed by atoms with Crippen LogP contribution in [0.1, 0.15) is 10.6 Å². The molecule has 0 aromatic carbocycles. The fourth-order valence-electron chi connectivity index (χ4n) is 2.44. The molecule has 0 bridgehead atoms. The van der Waals surface area contributed by atoms with Crippen LogP contribution in [-0.4, -0.2) is 53.4 Å². The first kappa shape index (κ1) is 15.6. The van der Waals surface area contributed by atoms with Crippen molar-refractivity contribution in [1.29, 1.82) is 0 Å². The zero-order chi connectivity index (χ0) is 16.1. The molecule has 2 aromatic heterocycles. The van der Waals surface area contributed by atoms with Crippen LogP contribution in [0, 0.1) is 13.8 Å². The summed E-state index contributed by atoms with van der Waals surface area (Å²) in [4.78, 5) is 1.50. The maximum Gasteiger partial charge on any atom is 0.244 e. The van der Waals surface area contributed by atoms with Gasteiger partial charge in [-0.25, -0.2) is 12.8 Å². The summed E-state index contributed by atoms with van der Waals surface area (Å²) in [6.45, 7) is 3.05. The third kappa shape index (κ3) is 2.58. The van der Waals surface area contributed by atoms with Gasteiger partial charge in [-0.1, -0.05) is 0 Å². The summed E-state index contributed by atoms with van der Waals surface area (Å²) in [6.07, 6.45) is -2.80. The van der Waals surface area contributed by atoms with E-state index >= 15 is 0 Å². The van der Waals surface area contributed by atoms with Crippen molar-refractivity contribution in [2.75, 3.05) is 13.1 Å². The van der Waals surface area contributed by atoms with Crippen LogP contribution in [0.5, 0.6) is 0 Å². The van der Waals surface area contributed by atoms with E-state index in [1.165, 1.54) is 11.3 Å². The average Bonchev–Trinajstić information content (AvgIpc) is 3.11. The Morgan fingerprint density at radius 1 is 1.41 bits per heavy atom. The Hall–Kier alpha value is -1.29. The van der Waals surface area contributed by atoms with Gasteiger partial charge in [0, 0.05) is 23.7 Å². The highest BCUT2D eigenvalue weighted by atomic mass is 32.2. The van der Waals surface area contributed by atoms with E-state index in [0.29, 0.717) is 10.6 Å². The van der Waals surface area contributed by atoms with Crippen molar-refractivity contribution >= 4 is 21.4 Å². The van der Waals surface area contributed by atoms with E-state index in [1.807, 2.05) is 13.0 Å². The Morgan fingerprint density at radius 3 is 2.68 bits per heavy atom. The van der Waals surface area contributed by atoms with Crippen molar-refractivity contribution in [2.24, 2.45) is 0 Å². The van der Waals surface area contributed by atoms with Gasteiger partial charge in [-0.05, 0) is 26.0 Å². The van der Waals surface area contributed by atoms with Crippen LogP contribution in [0.4, 0.5) is 4.39 Å². The second kappa shape index (κ2) is 5.41. The fourth-order valence-corrected chi connectivity index (χ4v) is 5.43. The van der Waals surface area contributed by atoms with Crippen molar-refractivity contribution in [1.82, 2.24) is 14.5 Å². The van der Waals surface area contributed by atoms with Gasteiger partial charge in [0.25, 0.3) is 0 Å². The Balaban J connectivity index is 1.96. The fraction of sp³-hybridized carbons (Fsp3) is 0.462. The molecule has 9 heteroatoms. The summed E-state index contributed by atoms with van der Waals surface area (Å²) >= 11 is 1.32. The predicted octanol–water partition coefficient (Wildman–Crippen LogP) is 1.46. The normalized spacial score (nSPS) is 23.3. The lowest BCUT2D eigenvalue weighted by Gasteiger charge is -2.14. The molecule has 3 rings (SSSR count). The highest BCUT2D eigenvalue weighted by molar-refractivity contribution is 7.89. The van der Waals surface area contributed by atoms with Gasteiger partial charge in [0.1, 0.15) is 18.0 Å². The number of halogens is 1. The molecule has 0 spiro atoms. The number of nitrogens with one attached hydrogen (secondary N) is 1. The number of hydrogen-bond donors (Lipinski definition) is 2. The number of aliphatic hydroxyl groups excluding tert-OH is 1. The van der Waals surface area contributed by atoms with Crippen molar-refractivity contribution in [3.63, 3.8) is 0 Å². The number of aromatic amines is 1. The molecular formula is C13H16FN3O3S2. The minimum Gasteiger partial charge on any atom is -0.389 e. The van der Waals surface area contributed by atoms with E-state index < -0.39 is 22.3 Å². The summed E-state index contributed by atoms with van der Waals surface area (Å²) in [5.74, 6) is 0. The SMILES string of the molecule is Cc1cc(-c2cc(S(=O)(=O)N3C[C@@H](O)[C@H](F)C3)c(C)s2)n[nH]1. The summed E-state index contributed by atoms with van der Waals surface area (Å²) in [5.41, 5.74) is 1.56. The number of thiophene rings is 1. The maximum atomic E-state index is 13.4. The van der Waals surface area contributed by atoms with Crippen LogP contribution in [0.2, 0.25) is 0 Å². The van der Waals surface area contributed by atoms with E-state index in [0.717, 1.165) is 14.9 Å². The van der Waals surface area contributed by atoms with E-state index in [2.05, 4.69) is 10.2 Å². The lowest BCUT2D eigenvalue weighted by molar-refractivity contribution is 0.117. The molecule has 2 N–H and O–H groups in total. The number of aliphatic hydroxyl groups is 1. The predicted molar refractivity (Wildman–Crippen MR) is 81.0 cm³/mol. The van der Waals surface area contributed by atoms with Gasteiger partial charge in [0.2, 0.25) is 10.0 Å². The van der Waals surface area contributed by atoms with Gasteiger partial charge >= 0.3 is 0 Å². The number of aromatic nitrogens is 2. The molecule has 1 saturated heterocycles. The third-order valence-corrected chi connectivity index (χ3v) is 6.79. The second-order valence-corrected chi connectivity index (χ2v) is 8.54. The Labute approximate surface area is 131 Å². The van der Waals surface area contributed by atoms with Gasteiger partial charge in [0.05, 0.1) is 9.77 Å². The third-order valence-electron chi connectivity index (χ3n) is 3.63. The lowest BCUT2D eigenvalue weighted by atomic mass is 10.3. The molecule has 0 amide bonds. The number of β-amino-alcohol motifs (C(OH)–C–C–N with tert-alkyl or cyclic N) is 1. The average molecular weight is 345 g/mol. The first-order valence-corrected chi connectivity index (χ1v) is 9.00. The topological polar surface area (TPSA) is 86.3 Å². The summed E-state index contributed by atoms with van der Waals surface area (Å²) in [5, 5.41) is 16.4. The number of sulfonamides is 1. The molecule has 0 aliphatic carbocycles. The lowest BCUT2D eigenvalue weighted by Crippen LogP contribution is -2.29. The number of aryl methyl sites for hydroxylation is 2. The highest BCUT2D eigenvalue weighted by Gasteiger charge is 2.39. The first-order chi connectivity index (χ1) is 10.3. The Morgan fingerprint density at radius 2 is 2.14 bits per heavy atom. The molecule has 2 aromatic rings. The number of rotatable bonds is 3. The van der Waals surface area contributed by atoms with Gasteiger partial charge in [-0.3, -0.25) is 5.10 Å². The van der Waals surface area contributed by atoms with Gasteiger partial charge in [-0.15, -0.1) is 11.3 Å². The van der Waals surface area contributed by atoms with Gasteiger partial charge < -0.3 is 5.11 Å². The zero-order valence-electron chi connectivity index (χ0n) is 12.1. The molecule has 0 unspecified atom stereocenters. The van der Waals surface area contributed by atoms with E-state index in [-0.39, 0.29) is 18.0 Å². The highest BCUT2D eigenvalue weighted by Crippen LogP contribution is 2.35. The van der Waals surface area contributed by atoms with E-state index in [4.69, 9.17) is 0 Å². The first-order valence-electron chi connectivity index (χ1n) is 6.74. The van der Waals surface area contributed by atoms with E-state index in [9.17, 15) is 17.9 Å². The monoisotopic (exact) mass is 345 g/mol.